The first kappa shape index (κ1) is 25.5. The number of nitrogens with one attached hydrogen (secondary N) is 1. The maximum Gasteiger partial charge on any atom is 0.336 e. The highest BCUT2D eigenvalue weighted by atomic mass is 35.5. The van der Waals surface area contributed by atoms with Crippen molar-refractivity contribution in [1.82, 2.24) is 10.3 Å². The van der Waals surface area contributed by atoms with E-state index in [1.807, 2.05) is 57.3 Å². The quantitative estimate of drug-likeness (QED) is 0.207. The van der Waals surface area contributed by atoms with Crippen molar-refractivity contribution in [3.8, 4) is 17.1 Å². The Morgan fingerprint density at radius 1 is 0.944 bits per heavy atom. The van der Waals surface area contributed by atoms with Crippen LogP contribution in [0, 0.1) is 20.8 Å². The molecule has 3 heterocycles. The summed E-state index contributed by atoms with van der Waals surface area (Å²) in [6.45, 7) is 7.39. The molecule has 3 aromatic heterocycles. The molecule has 2 aromatic carbocycles. The highest BCUT2D eigenvalue weighted by Gasteiger charge is 2.17. The molecule has 0 saturated carbocycles. The van der Waals surface area contributed by atoms with Gasteiger partial charge in [0.1, 0.15) is 17.1 Å². The molecule has 5 rings (SSSR count). The van der Waals surface area contributed by atoms with Crippen molar-refractivity contribution >= 4 is 34.3 Å². The fraction of sp³-hybridized carbons (Fsp3) is 0.241. The van der Waals surface area contributed by atoms with Crippen LogP contribution in [0.25, 0.3) is 33.3 Å². The summed E-state index contributed by atoms with van der Waals surface area (Å²) in [6.07, 6.45) is 2.80. The minimum absolute atomic E-state index is 0. The number of pyridine rings is 1. The molecule has 0 aliphatic heterocycles. The molecule has 0 spiro atoms. The number of benzene rings is 2. The van der Waals surface area contributed by atoms with Crippen molar-refractivity contribution in [3.63, 3.8) is 0 Å². The second-order valence-corrected chi connectivity index (χ2v) is 8.86. The van der Waals surface area contributed by atoms with E-state index in [1.54, 1.807) is 7.11 Å². The predicted molar refractivity (Wildman–Crippen MR) is 145 cm³/mol. The van der Waals surface area contributed by atoms with Crippen LogP contribution >= 0.6 is 12.4 Å². The lowest BCUT2D eigenvalue weighted by molar-refractivity contribution is 0.414. The molecule has 0 radical (unpaired) electrons. The second kappa shape index (κ2) is 10.6. The van der Waals surface area contributed by atoms with E-state index in [2.05, 4.69) is 22.4 Å². The molecule has 1 N–H and O–H groups in total. The molecular weight excluding hydrogens is 476 g/mol. The van der Waals surface area contributed by atoms with E-state index in [-0.39, 0.29) is 12.4 Å². The largest absolute Gasteiger partial charge is 0.497 e. The zero-order chi connectivity index (χ0) is 24.5. The molecule has 186 valence electrons. The molecule has 6 nitrogen and oxygen atoms in total. The van der Waals surface area contributed by atoms with Gasteiger partial charge < -0.3 is 18.9 Å². The molecule has 36 heavy (non-hydrogen) atoms. The molecular formula is C29H29ClN2O4. The van der Waals surface area contributed by atoms with Crippen LogP contribution in [0.2, 0.25) is 0 Å². The monoisotopic (exact) mass is 504 g/mol. The van der Waals surface area contributed by atoms with Crippen LogP contribution in [0.1, 0.15) is 27.9 Å². The SMILES string of the molecule is COc1ccc(CCNCc2cnc(C)c3oc(-c4cc(=O)oc5c(C)c(C)ccc45)cc23)cc1.Cl. The molecule has 5 aromatic rings. The third kappa shape index (κ3) is 4.87. The van der Waals surface area contributed by atoms with Crippen molar-refractivity contribution in [1.29, 1.82) is 0 Å². The standard InChI is InChI=1S/C29H28N2O4.ClH/c1-17-5-10-23-25(14-27(32)35-28(23)18(17)2)26-13-24-21(16-31-19(3)29(24)34-26)15-30-12-11-20-6-8-22(33-4)9-7-20;/h5-10,13-14,16,30H,11-12,15H2,1-4H3;1H. The van der Waals surface area contributed by atoms with Gasteiger partial charge in [0, 0.05) is 35.1 Å². The summed E-state index contributed by atoms with van der Waals surface area (Å²) in [5.74, 6) is 1.50. The average Bonchev–Trinajstić information content (AvgIpc) is 3.32. The zero-order valence-corrected chi connectivity index (χ0v) is 21.6. The number of halogens is 1. The molecule has 7 heteroatoms. The van der Waals surface area contributed by atoms with Gasteiger partial charge in [0.15, 0.2) is 5.58 Å². The summed E-state index contributed by atoms with van der Waals surface area (Å²) in [5, 5.41) is 5.37. The number of fused-ring (bicyclic) bond motifs is 2. The van der Waals surface area contributed by atoms with Crippen LogP contribution in [-0.2, 0) is 13.0 Å². The van der Waals surface area contributed by atoms with Crippen molar-refractivity contribution in [2.75, 3.05) is 13.7 Å². The number of aryl methyl sites for hydroxylation is 3. The smallest absolute Gasteiger partial charge is 0.336 e. The highest BCUT2D eigenvalue weighted by molar-refractivity contribution is 5.97. The number of ether oxygens (including phenoxy) is 1. The Morgan fingerprint density at radius 2 is 1.72 bits per heavy atom. The lowest BCUT2D eigenvalue weighted by Crippen LogP contribution is -2.17. The van der Waals surface area contributed by atoms with Crippen molar-refractivity contribution in [3.05, 3.63) is 93.1 Å². The summed E-state index contributed by atoms with van der Waals surface area (Å²) in [6, 6.07) is 15.7. The fourth-order valence-electron chi connectivity index (χ4n) is 4.39. The minimum atomic E-state index is -0.392. The Morgan fingerprint density at radius 3 is 2.47 bits per heavy atom. The molecule has 0 aliphatic carbocycles. The first-order valence-corrected chi connectivity index (χ1v) is 11.7. The Bertz CT molecular complexity index is 1590. The van der Waals surface area contributed by atoms with E-state index in [1.165, 1.54) is 11.6 Å². The number of rotatable bonds is 7. The van der Waals surface area contributed by atoms with Crippen LogP contribution in [0.15, 0.2) is 68.4 Å². The lowest BCUT2D eigenvalue weighted by Gasteiger charge is -2.07. The first-order chi connectivity index (χ1) is 16.9. The molecule has 0 saturated heterocycles. The number of hydrogen-bond acceptors (Lipinski definition) is 6. The van der Waals surface area contributed by atoms with Gasteiger partial charge in [-0.1, -0.05) is 24.3 Å². The number of hydrogen-bond donors (Lipinski definition) is 1. The number of nitrogens with zero attached hydrogens (tertiary/aromatic N) is 1. The molecule has 0 atom stereocenters. The van der Waals surface area contributed by atoms with Gasteiger partial charge >= 0.3 is 5.63 Å². The van der Waals surface area contributed by atoms with E-state index in [0.29, 0.717) is 17.9 Å². The van der Waals surface area contributed by atoms with E-state index in [4.69, 9.17) is 13.6 Å². The highest BCUT2D eigenvalue weighted by Crippen LogP contribution is 2.35. The Balaban J connectivity index is 0.00000304. The van der Waals surface area contributed by atoms with E-state index < -0.39 is 5.63 Å². The number of aromatic nitrogens is 1. The van der Waals surface area contributed by atoms with Crippen molar-refractivity contribution < 1.29 is 13.6 Å². The number of methoxy groups -OCH3 is 1. The van der Waals surface area contributed by atoms with Crippen LogP contribution in [0.3, 0.4) is 0 Å². The van der Waals surface area contributed by atoms with Gasteiger partial charge in [0.05, 0.1) is 12.8 Å². The molecule has 0 fully saturated rings. The predicted octanol–water partition coefficient (Wildman–Crippen LogP) is 6.29. The summed E-state index contributed by atoms with van der Waals surface area (Å²) in [7, 11) is 1.67. The van der Waals surface area contributed by atoms with Gasteiger partial charge in [0.25, 0.3) is 0 Å². The van der Waals surface area contributed by atoms with Crippen LogP contribution in [0.4, 0.5) is 0 Å². The third-order valence-electron chi connectivity index (χ3n) is 6.58. The average molecular weight is 505 g/mol. The van der Waals surface area contributed by atoms with Crippen LogP contribution in [0.5, 0.6) is 5.75 Å². The van der Waals surface area contributed by atoms with Crippen LogP contribution in [-0.4, -0.2) is 18.6 Å². The third-order valence-corrected chi connectivity index (χ3v) is 6.58. The van der Waals surface area contributed by atoms with Gasteiger partial charge in [-0.25, -0.2) is 4.79 Å². The summed E-state index contributed by atoms with van der Waals surface area (Å²) >= 11 is 0. The van der Waals surface area contributed by atoms with Crippen molar-refractivity contribution in [2.45, 2.75) is 33.7 Å². The number of furan rings is 1. The summed E-state index contributed by atoms with van der Waals surface area (Å²) in [5.41, 5.74) is 6.81. The first-order valence-electron chi connectivity index (χ1n) is 11.7. The van der Waals surface area contributed by atoms with Gasteiger partial charge in [-0.05, 0) is 74.2 Å². The summed E-state index contributed by atoms with van der Waals surface area (Å²) < 4.78 is 17.0. The molecule has 0 bridgehead atoms. The van der Waals surface area contributed by atoms with Gasteiger partial charge in [0.2, 0.25) is 0 Å². The molecule has 0 aliphatic rings. The minimum Gasteiger partial charge on any atom is -0.497 e. The Hall–Kier alpha value is -3.61. The van der Waals surface area contributed by atoms with Crippen molar-refractivity contribution in [2.24, 2.45) is 0 Å². The topological polar surface area (TPSA) is 77.5 Å². The van der Waals surface area contributed by atoms with Gasteiger partial charge in [-0.15, -0.1) is 12.4 Å². The summed E-state index contributed by atoms with van der Waals surface area (Å²) in [4.78, 5) is 16.9. The van der Waals surface area contributed by atoms with E-state index >= 15 is 0 Å². The van der Waals surface area contributed by atoms with Gasteiger partial charge in [-0.3, -0.25) is 4.98 Å². The maximum atomic E-state index is 12.4. The van der Waals surface area contributed by atoms with Gasteiger partial charge in [-0.2, -0.15) is 0 Å². The normalized spacial score (nSPS) is 11.1. The van der Waals surface area contributed by atoms with E-state index in [9.17, 15) is 4.79 Å². The molecule has 0 amide bonds. The maximum absolute atomic E-state index is 12.4. The Kier molecular flexibility index (Phi) is 7.48. The zero-order valence-electron chi connectivity index (χ0n) is 20.8. The Labute approximate surface area is 215 Å². The lowest BCUT2D eigenvalue weighted by atomic mass is 10.0. The fourth-order valence-corrected chi connectivity index (χ4v) is 4.39. The molecule has 0 unspecified atom stereocenters. The van der Waals surface area contributed by atoms with Crippen LogP contribution < -0.4 is 15.7 Å². The second-order valence-electron chi connectivity index (χ2n) is 8.86. The van der Waals surface area contributed by atoms with E-state index in [0.717, 1.165) is 63.0 Å².